The molecule has 0 fully saturated rings. The highest BCUT2D eigenvalue weighted by atomic mass is 35.5. The van der Waals surface area contributed by atoms with Crippen LogP contribution in [0.5, 0.6) is 0 Å². The number of benzene rings is 1. The van der Waals surface area contributed by atoms with Crippen LogP contribution in [0.25, 0.3) is 10.9 Å². The quantitative estimate of drug-likeness (QED) is 0.887. The SMILES string of the molecule is CNCc1nc2cc(Cl)c(Cl)cc2cc1C. The highest BCUT2D eigenvalue weighted by molar-refractivity contribution is 6.42. The number of halogens is 2. The van der Waals surface area contributed by atoms with Crippen molar-refractivity contribution < 1.29 is 0 Å². The number of aryl methyl sites for hydroxylation is 1. The van der Waals surface area contributed by atoms with Crippen molar-refractivity contribution in [2.75, 3.05) is 7.05 Å². The number of hydrogen-bond donors (Lipinski definition) is 1. The highest BCUT2D eigenvalue weighted by Gasteiger charge is 2.06. The van der Waals surface area contributed by atoms with Gasteiger partial charge in [0.1, 0.15) is 0 Å². The molecule has 0 bridgehead atoms. The summed E-state index contributed by atoms with van der Waals surface area (Å²) in [6.45, 7) is 2.80. The van der Waals surface area contributed by atoms with Crippen molar-refractivity contribution in [3.05, 3.63) is 39.5 Å². The second kappa shape index (κ2) is 4.58. The number of nitrogens with one attached hydrogen (secondary N) is 1. The summed E-state index contributed by atoms with van der Waals surface area (Å²) in [5.74, 6) is 0. The Bertz CT molecular complexity index is 538. The predicted molar refractivity (Wildman–Crippen MR) is 69.3 cm³/mol. The molecule has 0 unspecified atom stereocenters. The zero-order valence-corrected chi connectivity index (χ0v) is 10.7. The van der Waals surface area contributed by atoms with E-state index in [4.69, 9.17) is 23.2 Å². The van der Waals surface area contributed by atoms with Crippen molar-refractivity contribution in [1.29, 1.82) is 0 Å². The number of rotatable bonds is 2. The van der Waals surface area contributed by atoms with Gasteiger partial charge in [-0.15, -0.1) is 0 Å². The molecule has 0 aliphatic rings. The van der Waals surface area contributed by atoms with Gasteiger partial charge >= 0.3 is 0 Å². The first-order chi connectivity index (χ1) is 7.61. The maximum Gasteiger partial charge on any atom is 0.0721 e. The van der Waals surface area contributed by atoms with Crippen LogP contribution < -0.4 is 5.32 Å². The Hall–Kier alpha value is -0.830. The van der Waals surface area contributed by atoms with Gasteiger partial charge in [-0.05, 0) is 37.7 Å². The minimum absolute atomic E-state index is 0.543. The molecule has 1 N–H and O–H groups in total. The van der Waals surface area contributed by atoms with E-state index >= 15 is 0 Å². The summed E-state index contributed by atoms with van der Waals surface area (Å²) in [5.41, 5.74) is 3.07. The van der Waals surface area contributed by atoms with Crippen LogP contribution in [0.4, 0.5) is 0 Å². The molecule has 2 aromatic rings. The van der Waals surface area contributed by atoms with Crippen LogP contribution in [-0.4, -0.2) is 12.0 Å². The lowest BCUT2D eigenvalue weighted by Crippen LogP contribution is -2.08. The van der Waals surface area contributed by atoms with Gasteiger partial charge in [-0.25, -0.2) is 0 Å². The van der Waals surface area contributed by atoms with E-state index in [1.165, 1.54) is 0 Å². The van der Waals surface area contributed by atoms with Crippen LogP contribution in [0.15, 0.2) is 18.2 Å². The van der Waals surface area contributed by atoms with Crippen LogP contribution in [0.3, 0.4) is 0 Å². The van der Waals surface area contributed by atoms with Crippen molar-refractivity contribution in [3.8, 4) is 0 Å². The molecular weight excluding hydrogens is 243 g/mol. The van der Waals surface area contributed by atoms with Crippen LogP contribution >= 0.6 is 23.2 Å². The van der Waals surface area contributed by atoms with Crippen molar-refractivity contribution in [3.63, 3.8) is 0 Å². The molecule has 0 saturated heterocycles. The minimum Gasteiger partial charge on any atom is -0.314 e. The molecule has 0 saturated carbocycles. The lowest BCUT2D eigenvalue weighted by molar-refractivity contribution is 0.789. The molecule has 0 radical (unpaired) electrons. The molecule has 2 nitrogen and oxygen atoms in total. The average Bonchev–Trinajstić information content (AvgIpc) is 2.23. The Labute approximate surface area is 105 Å². The van der Waals surface area contributed by atoms with Crippen LogP contribution in [0.2, 0.25) is 10.0 Å². The first kappa shape index (κ1) is 11.6. The van der Waals surface area contributed by atoms with Gasteiger partial charge in [0.2, 0.25) is 0 Å². The van der Waals surface area contributed by atoms with Crippen molar-refractivity contribution in [2.24, 2.45) is 0 Å². The van der Waals surface area contributed by atoms with E-state index in [0.717, 1.165) is 28.7 Å². The molecule has 0 amide bonds. The fraction of sp³-hybridized carbons (Fsp3) is 0.250. The Morgan fingerprint density at radius 1 is 1.19 bits per heavy atom. The van der Waals surface area contributed by atoms with Crippen molar-refractivity contribution >= 4 is 34.1 Å². The van der Waals surface area contributed by atoms with Crippen molar-refractivity contribution in [1.82, 2.24) is 10.3 Å². The molecule has 0 atom stereocenters. The Kier molecular flexibility index (Phi) is 3.33. The van der Waals surface area contributed by atoms with Crippen molar-refractivity contribution in [2.45, 2.75) is 13.5 Å². The molecular formula is C12H12Cl2N2. The van der Waals surface area contributed by atoms with E-state index in [-0.39, 0.29) is 0 Å². The molecule has 1 aromatic carbocycles. The number of nitrogens with zero attached hydrogens (tertiary/aromatic N) is 1. The number of pyridine rings is 1. The summed E-state index contributed by atoms with van der Waals surface area (Å²) in [5, 5.41) is 5.22. The average molecular weight is 255 g/mol. The minimum atomic E-state index is 0.543. The van der Waals surface area contributed by atoms with Crippen LogP contribution in [0, 0.1) is 6.92 Å². The van der Waals surface area contributed by atoms with E-state index in [0.29, 0.717) is 10.0 Å². The summed E-state index contributed by atoms with van der Waals surface area (Å²) >= 11 is 11.9. The summed E-state index contributed by atoms with van der Waals surface area (Å²) < 4.78 is 0. The first-order valence-corrected chi connectivity index (χ1v) is 5.77. The first-order valence-electron chi connectivity index (χ1n) is 5.01. The summed E-state index contributed by atoms with van der Waals surface area (Å²) in [4.78, 5) is 4.56. The fourth-order valence-corrected chi connectivity index (χ4v) is 1.99. The third-order valence-electron chi connectivity index (χ3n) is 2.50. The number of hydrogen-bond acceptors (Lipinski definition) is 2. The normalized spacial score (nSPS) is 11.0. The Balaban J connectivity index is 2.65. The number of aromatic nitrogens is 1. The molecule has 4 heteroatoms. The summed E-state index contributed by atoms with van der Waals surface area (Å²) in [6.07, 6.45) is 0. The predicted octanol–water partition coefficient (Wildman–Crippen LogP) is 3.57. The molecule has 1 aromatic heterocycles. The van der Waals surface area contributed by atoms with Crippen LogP contribution in [0.1, 0.15) is 11.3 Å². The van der Waals surface area contributed by atoms with E-state index in [2.05, 4.69) is 16.4 Å². The fourth-order valence-electron chi connectivity index (χ4n) is 1.66. The Morgan fingerprint density at radius 2 is 1.88 bits per heavy atom. The van der Waals surface area contributed by atoms with E-state index in [1.807, 2.05) is 20.0 Å². The lowest BCUT2D eigenvalue weighted by Gasteiger charge is -2.07. The second-order valence-corrected chi connectivity index (χ2v) is 4.56. The highest BCUT2D eigenvalue weighted by Crippen LogP contribution is 2.27. The Morgan fingerprint density at radius 3 is 2.56 bits per heavy atom. The van der Waals surface area contributed by atoms with Gasteiger partial charge in [-0.1, -0.05) is 23.2 Å². The summed E-state index contributed by atoms with van der Waals surface area (Å²) in [7, 11) is 1.90. The molecule has 0 spiro atoms. The second-order valence-electron chi connectivity index (χ2n) is 3.74. The topological polar surface area (TPSA) is 24.9 Å². The standard InChI is InChI=1S/C12H12Cl2N2/c1-7-3-8-4-9(13)10(14)5-11(8)16-12(7)6-15-2/h3-5,15H,6H2,1-2H3. The summed E-state index contributed by atoms with van der Waals surface area (Å²) in [6, 6.07) is 5.73. The number of fused-ring (bicyclic) bond motifs is 1. The molecule has 2 rings (SSSR count). The monoisotopic (exact) mass is 254 g/mol. The molecule has 16 heavy (non-hydrogen) atoms. The van der Waals surface area contributed by atoms with Gasteiger partial charge in [0, 0.05) is 11.9 Å². The maximum atomic E-state index is 5.97. The zero-order chi connectivity index (χ0) is 11.7. The third kappa shape index (κ3) is 2.14. The lowest BCUT2D eigenvalue weighted by atomic mass is 10.1. The smallest absolute Gasteiger partial charge is 0.0721 e. The van der Waals surface area contributed by atoms with E-state index in [1.54, 1.807) is 6.07 Å². The molecule has 1 heterocycles. The maximum absolute atomic E-state index is 5.97. The zero-order valence-electron chi connectivity index (χ0n) is 9.14. The van der Waals surface area contributed by atoms with Gasteiger partial charge in [-0.3, -0.25) is 4.98 Å². The van der Waals surface area contributed by atoms with E-state index < -0.39 is 0 Å². The van der Waals surface area contributed by atoms with Gasteiger partial charge in [0.05, 0.1) is 21.3 Å². The largest absolute Gasteiger partial charge is 0.314 e. The third-order valence-corrected chi connectivity index (χ3v) is 3.22. The molecule has 0 aliphatic heterocycles. The van der Waals surface area contributed by atoms with Gasteiger partial charge in [0.15, 0.2) is 0 Å². The molecule has 84 valence electrons. The van der Waals surface area contributed by atoms with E-state index in [9.17, 15) is 0 Å². The van der Waals surface area contributed by atoms with Gasteiger partial charge in [-0.2, -0.15) is 0 Å². The van der Waals surface area contributed by atoms with Crippen LogP contribution in [-0.2, 0) is 6.54 Å². The van der Waals surface area contributed by atoms with Gasteiger partial charge in [0.25, 0.3) is 0 Å². The van der Waals surface area contributed by atoms with Gasteiger partial charge < -0.3 is 5.32 Å². The molecule has 0 aliphatic carbocycles.